The molecule has 0 radical (unpaired) electrons. The van der Waals surface area contributed by atoms with Crippen LogP contribution in [0.3, 0.4) is 0 Å². The van der Waals surface area contributed by atoms with Crippen LogP contribution in [0.4, 0.5) is 0 Å². The van der Waals surface area contributed by atoms with Crippen molar-refractivity contribution in [2.45, 2.75) is 424 Å². The van der Waals surface area contributed by atoms with Crippen LogP contribution in [0.2, 0.25) is 0 Å². The summed E-state index contributed by atoms with van der Waals surface area (Å²) < 4.78 is 39.4. The van der Waals surface area contributed by atoms with E-state index < -0.39 is 167 Å². The van der Waals surface area contributed by atoms with Gasteiger partial charge in [0.05, 0.1) is 76.1 Å². The molecule has 21 atom stereocenters. The summed E-state index contributed by atoms with van der Waals surface area (Å²) in [6, 6.07) is -1.06. The van der Waals surface area contributed by atoms with Crippen molar-refractivity contribution < 1.29 is 125 Å². The third-order valence-corrected chi connectivity index (χ3v) is 25.6. The van der Waals surface area contributed by atoms with E-state index in [1.54, 1.807) is 6.08 Å². The van der Waals surface area contributed by atoms with Crippen LogP contribution in [-0.4, -0.2) is 272 Å². The number of aliphatic hydroxyl groups excluding tert-OH is 11. The van der Waals surface area contributed by atoms with Crippen molar-refractivity contribution in [1.82, 2.24) is 5.32 Å². The van der Waals surface area contributed by atoms with Crippen molar-refractivity contribution in [3.05, 3.63) is 12.2 Å². The Morgan fingerprint density at radius 3 is 1.24 bits per heavy atom. The molecular formula is C79H154N2O25. The lowest BCUT2D eigenvalue weighted by molar-refractivity contribution is -0.536. The number of rotatable bonds is 45. The molecule has 0 aromatic rings. The minimum Gasteiger partial charge on any atom is -0.396 e. The van der Waals surface area contributed by atoms with Crippen LogP contribution in [0.15, 0.2) is 12.2 Å². The molecule has 106 heavy (non-hydrogen) atoms. The standard InChI is InChI=1S/C68H129NO18.C7H14O4.C4H11NO3/c1-17-19-21-23-25-27-29-31-32-34-36-38-40-42-44-46-54(74)69-51(52(73)45-43-41-39-37-35-33-30-28-26-24-22-20-18-2)48-82-66(14)62(10,80)59(7,77)65(13,55(3,49-71)84-66)87-68(16)63(11,81)60(8,78)64(12,56(4,50-72)85-68)86-67(15)61(9,79)58(6,76)57(5,75)53(47-70)83-67;8-3-4-1-2-5(9)7(11)6(4)10;5-4(1-6,2-7)3-8/h43,45,51-53,70-73,75-81H,17-42,44,46-50H2,1-16H3,(H,69,74);4-11H,1-3H2;6-8H,1-3,5H2/b45-43-;;/t;4?,5?,6-,7+;/m.0./s1. The summed E-state index contributed by atoms with van der Waals surface area (Å²) in [6.07, 6.45) is 30.7. The first-order chi connectivity index (χ1) is 49.0. The Morgan fingerprint density at radius 1 is 0.491 bits per heavy atom. The quantitative estimate of drug-likeness (QED) is 0.0268. The highest BCUT2D eigenvalue weighted by molar-refractivity contribution is 5.76. The molecule has 27 nitrogen and oxygen atoms in total. The van der Waals surface area contributed by atoms with E-state index in [4.69, 9.17) is 64.8 Å². The summed E-state index contributed by atoms with van der Waals surface area (Å²) in [6.45, 7) is 17.0. The van der Waals surface area contributed by atoms with Gasteiger partial charge in [0, 0.05) is 18.9 Å². The number of amides is 1. The number of aliphatic hydroxyl groups is 18. The average Bonchev–Trinajstić information content (AvgIpc) is 0.670. The van der Waals surface area contributed by atoms with Crippen LogP contribution in [0.1, 0.15) is 303 Å². The zero-order chi connectivity index (χ0) is 81.4. The molecule has 0 aromatic carbocycles. The third-order valence-electron chi connectivity index (χ3n) is 25.6. The van der Waals surface area contributed by atoms with E-state index in [-0.39, 0.29) is 24.9 Å². The van der Waals surface area contributed by atoms with Gasteiger partial charge >= 0.3 is 0 Å². The molecule has 0 bridgehead atoms. The predicted molar refractivity (Wildman–Crippen MR) is 403 cm³/mol. The molecule has 1 aliphatic carbocycles. The Bertz CT molecular complexity index is 2510. The highest BCUT2D eigenvalue weighted by Gasteiger charge is 2.83. The van der Waals surface area contributed by atoms with Gasteiger partial charge in [-0.25, -0.2) is 0 Å². The summed E-state index contributed by atoms with van der Waals surface area (Å²) >= 11 is 0. The van der Waals surface area contributed by atoms with Gasteiger partial charge < -0.3 is 131 Å². The predicted octanol–water partition coefficient (Wildman–Crippen LogP) is 5.41. The number of hydrogen-bond acceptors (Lipinski definition) is 26. The van der Waals surface area contributed by atoms with Gasteiger partial charge in [-0.2, -0.15) is 0 Å². The van der Waals surface area contributed by atoms with Crippen molar-refractivity contribution in [1.29, 1.82) is 0 Å². The number of unbranched alkanes of at least 4 members (excludes halogenated alkanes) is 25. The zero-order valence-electron chi connectivity index (χ0n) is 68.1. The normalized spacial score (nSPS) is 39.0. The summed E-state index contributed by atoms with van der Waals surface area (Å²) in [5.41, 5.74) is -23.1. The molecule has 19 unspecified atom stereocenters. The Kier molecular flexibility index (Phi) is 40.2. The van der Waals surface area contributed by atoms with Crippen LogP contribution in [0.25, 0.3) is 0 Å². The average molecular weight is 1530 g/mol. The molecule has 630 valence electrons. The molecular weight excluding hydrogens is 1380 g/mol. The van der Waals surface area contributed by atoms with Crippen molar-refractivity contribution in [2.24, 2.45) is 11.7 Å². The van der Waals surface area contributed by atoms with Crippen LogP contribution in [0.5, 0.6) is 0 Å². The lowest BCUT2D eigenvalue weighted by Crippen LogP contribution is -2.91. The molecule has 3 aliphatic heterocycles. The monoisotopic (exact) mass is 1530 g/mol. The molecule has 1 saturated carbocycles. The van der Waals surface area contributed by atoms with E-state index >= 15 is 0 Å². The van der Waals surface area contributed by atoms with Crippen molar-refractivity contribution in [2.75, 3.05) is 52.9 Å². The number of carbonyl (C=O) groups is 1. The maximum Gasteiger partial charge on any atom is 0.220 e. The molecule has 1 amide bonds. The second kappa shape index (κ2) is 42.5. The lowest BCUT2D eigenvalue weighted by atomic mass is 9.58. The molecule has 3 saturated heterocycles. The Hall–Kier alpha value is -1.79. The van der Waals surface area contributed by atoms with E-state index in [0.29, 0.717) is 25.7 Å². The highest BCUT2D eigenvalue weighted by Crippen LogP contribution is 2.63. The number of hydrogen-bond donors (Lipinski definition) is 20. The van der Waals surface area contributed by atoms with Gasteiger partial charge in [-0.1, -0.05) is 180 Å². The number of allylic oxidation sites excluding steroid dienone is 1. The summed E-state index contributed by atoms with van der Waals surface area (Å²) in [5.74, 6) is -7.90. The third kappa shape index (κ3) is 22.8. The van der Waals surface area contributed by atoms with E-state index in [1.165, 1.54) is 184 Å². The van der Waals surface area contributed by atoms with E-state index in [2.05, 4.69) is 19.2 Å². The molecule has 4 aliphatic rings. The van der Waals surface area contributed by atoms with Gasteiger partial charge in [-0.05, 0) is 129 Å². The molecule has 27 heteroatoms. The van der Waals surface area contributed by atoms with E-state index in [0.717, 1.165) is 73.1 Å². The maximum atomic E-state index is 13.7. The fourth-order valence-electron chi connectivity index (χ4n) is 15.3. The Morgan fingerprint density at radius 2 is 0.858 bits per heavy atom. The van der Waals surface area contributed by atoms with Gasteiger partial charge in [0.2, 0.25) is 5.91 Å². The van der Waals surface area contributed by atoms with Crippen LogP contribution < -0.4 is 11.1 Å². The number of nitrogens with two attached hydrogens (primary N) is 1. The van der Waals surface area contributed by atoms with Crippen molar-refractivity contribution in [3.63, 3.8) is 0 Å². The molecule has 3 heterocycles. The SMILES string of the molecule is CCCCCCCCCCCCC/C=C\C(O)C(COC1(C)OC(C)(CO)C(C)(OC2(C)OC(C)(CO)C(C)(OC3(C)OC(CO)C(C)(O)C(C)(O)C3(C)O)C(C)(O)C2(C)O)C(C)(O)C1(C)O)NC(=O)CCCCCCCCCCCCCCCCC.NC(CO)(CO)CO.OCC1CCC(O)[C@@H](O)[C@H]1O. The fourth-order valence-corrected chi connectivity index (χ4v) is 15.3. The van der Waals surface area contributed by atoms with Gasteiger partial charge in [0.25, 0.3) is 0 Å². The highest BCUT2D eigenvalue weighted by atomic mass is 16.8. The second-order valence-corrected chi connectivity index (χ2v) is 33.8. The summed E-state index contributed by atoms with van der Waals surface area (Å²) in [7, 11) is 0. The van der Waals surface area contributed by atoms with E-state index in [1.807, 2.05) is 6.08 Å². The number of nitrogens with one attached hydrogen (secondary N) is 1. The number of carbonyl (C=O) groups excluding carboxylic acids is 1. The molecule has 21 N–H and O–H groups in total. The summed E-state index contributed by atoms with van der Waals surface area (Å²) in [4.78, 5) is 13.7. The molecule has 0 spiro atoms. The van der Waals surface area contributed by atoms with Crippen LogP contribution in [-0.2, 0) is 33.2 Å². The molecule has 4 rings (SSSR count). The van der Waals surface area contributed by atoms with Crippen LogP contribution >= 0.6 is 0 Å². The Balaban J connectivity index is 0.00000174. The second-order valence-electron chi connectivity index (χ2n) is 33.8. The van der Waals surface area contributed by atoms with Crippen molar-refractivity contribution in [3.8, 4) is 0 Å². The van der Waals surface area contributed by atoms with Crippen molar-refractivity contribution >= 4 is 5.91 Å². The first kappa shape index (κ1) is 100. The largest absolute Gasteiger partial charge is 0.396 e. The van der Waals surface area contributed by atoms with Gasteiger partial charge in [-0.3, -0.25) is 4.79 Å². The van der Waals surface area contributed by atoms with Gasteiger partial charge in [0.15, 0.2) is 17.4 Å². The smallest absolute Gasteiger partial charge is 0.220 e. The minimum absolute atomic E-state index is 0.134. The lowest BCUT2D eigenvalue weighted by Gasteiger charge is -2.72. The first-order valence-electron chi connectivity index (χ1n) is 39.9. The van der Waals surface area contributed by atoms with E-state index in [9.17, 15) is 66.1 Å². The zero-order valence-corrected chi connectivity index (χ0v) is 68.1. The maximum absolute atomic E-state index is 13.7. The summed E-state index contributed by atoms with van der Waals surface area (Å²) in [5, 5.41) is 197. The number of ether oxygens (including phenoxy) is 6. The Labute approximate surface area is 635 Å². The van der Waals surface area contributed by atoms with Crippen LogP contribution in [0, 0.1) is 5.92 Å². The van der Waals surface area contributed by atoms with Gasteiger partial charge in [-0.15, -0.1) is 0 Å². The van der Waals surface area contributed by atoms with Gasteiger partial charge in [0.1, 0.15) is 73.8 Å². The molecule has 0 aromatic heterocycles. The topological polar surface area (TPSA) is 475 Å². The first-order valence-corrected chi connectivity index (χ1v) is 39.9. The molecule has 4 fully saturated rings. The fraction of sp³-hybridized carbons (Fsp3) is 0.962. The minimum atomic E-state index is -2.74.